The summed E-state index contributed by atoms with van der Waals surface area (Å²) in [5.74, 6) is 0.874. The topological polar surface area (TPSA) is 77.8 Å². The van der Waals surface area contributed by atoms with Gasteiger partial charge in [-0.3, -0.25) is 4.98 Å². The molecule has 3 rings (SSSR count). The van der Waals surface area contributed by atoms with Crippen molar-refractivity contribution >= 4 is 17.3 Å². The summed E-state index contributed by atoms with van der Waals surface area (Å²) in [5.41, 5.74) is 9.77. The second kappa shape index (κ2) is 5.18. The molecule has 0 aliphatic heterocycles. The van der Waals surface area contributed by atoms with Crippen molar-refractivity contribution in [3.63, 3.8) is 0 Å². The summed E-state index contributed by atoms with van der Waals surface area (Å²) in [6, 6.07) is 8.97. The van der Waals surface area contributed by atoms with Crippen LogP contribution in [0, 0.1) is 13.8 Å². The zero-order chi connectivity index (χ0) is 15.0. The fourth-order valence-corrected chi connectivity index (χ4v) is 2.32. The molecule has 21 heavy (non-hydrogen) atoms. The molecule has 0 amide bonds. The highest BCUT2D eigenvalue weighted by molar-refractivity contribution is 6.31. The molecule has 0 saturated carbocycles. The van der Waals surface area contributed by atoms with Crippen LogP contribution in [0.4, 0.5) is 5.69 Å². The molecular formula is C15H13ClN4O. The highest BCUT2D eigenvalue weighted by Gasteiger charge is 2.14. The van der Waals surface area contributed by atoms with E-state index in [1.165, 1.54) is 0 Å². The molecule has 0 fully saturated rings. The van der Waals surface area contributed by atoms with Gasteiger partial charge in [0.05, 0.1) is 5.56 Å². The molecule has 0 aliphatic rings. The van der Waals surface area contributed by atoms with E-state index in [2.05, 4.69) is 15.1 Å². The van der Waals surface area contributed by atoms with Gasteiger partial charge in [0.25, 0.3) is 5.89 Å². The summed E-state index contributed by atoms with van der Waals surface area (Å²) < 4.78 is 5.30. The Morgan fingerprint density at radius 3 is 2.43 bits per heavy atom. The van der Waals surface area contributed by atoms with Gasteiger partial charge in [0, 0.05) is 27.7 Å². The first kappa shape index (κ1) is 13.6. The van der Waals surface area contributed by atoms with Gasteiger partial charge < -0.3 is 10.3 Å². The predicted molar refractivity (Wildman–Crippen MR) is 81.9 cm³/mol. The Labute approximate surface area is 126 Å². The maximum atomic E-state index is 5.93. The number of rotatable bonds is 2. The fourth-order valence-electron chi connectivity index (χ4n) is 2.14. The highest BCUT2D eigenvalue weighted by Crippen LogP contribution is 2.29. The monoisotopic (exact) mass is 300 g/mol. The number of halogens is 1. The molecule has 3 aromatic rings. The number of hydrogen-bond donors (Lipinski definition) is 1. The van der Waals surface area contributed by atoms with E-state index in [9.17, 15) is 0 Å². The quantitative estimate of drug-likeness (QED) is 0.731. The van der Waals surface area contributed by atoms with Crippen LogP contribution < -0.4 is 5.73 Å². The van der Waals surface area contributed by atoms with Gasteiger partial charge in [0.2, 0.25) is 5.82 Å². The number of nitrogens with zero attached hydrogens (tertiary/aromatic N) is 3. The van der Waals surface area contributed by atoms with Gasteiger partial charge in [-0.25, -0.2) is 0 Å². The number of aromatic nitrogens is 3. The van der Waals surface area contributed by atoms with Gasteiger partial charge >= 0.3 is 0 Å². The van der Waals surface area contributed by atoms with Crippen LogP contribution in [-0.2, 0) is 0 Å². The van der Waals surface area contributed by atoms with Gasteiger partial charge in [-0.2, -0.15) is 4.98 Å². The molecule has 6 heteroatoms. The molecule has 106 valence electrons. The van der Waals surface area contributed by atoms with Crippen LogP contribution in [0.25, 0.3) is 22.8 Å². The van der Waals surface area contributed by atoms with Crippen molar-refractivity contribution in [2.24, 2.45) is 0 Å². The third kappa shape index (κ3) is 2.73. The minimum atomic E-state index is 0.367. The molecule has 0 spiro atoms. The summed E-state index contributed by atoms with van der Waals surface area (Å²) in [4.78, 5) is 8.72. The number of nitrogens with two attached hydrogens (primary N) is 1. The molecule has 0 radical (unpaired) electrons. The van der Waals surface area contributed by atoms with E-state index >= 15 is 0 Å². The Balaban J connectivity index is 2.03. The SMILES string of the molecule is Cc1cc(-c2noc(-c3ccc(Cl)cc3N)n2)cc(C)n1. The smallest absolute Gasteiger partial charge is 0.260 e. The zero-order valence-electron chi connectivity index (χ0n) is 11.6. The third-order valence-corrected chi connectivity index (χ3v) is 3.24. The van der Waals surface area contributed by atoms with Crippen LogP contribution in [-0.4, -0.2) is 15.1 Å². The largest absolute Gasteiger partial charge is 0.398 e. The maximum absolute atomic E-state index is 5.93. The van der Waals surface area contributed by atoms with Crippen LogP contribution in [0.5, 0.6) is 0 Å². The first-order chi connectivity index (χ1) is 10.0. The van der Waals surface area contributed by atoms with Crippen molar-refractivity contribution in [2.75, 3.05) is 5.73 Å². The maximum Gasteiger partial charge on any atom is 0.260 e. The average Bonchev–Trinajstić information content (AvgIpc) is 2.87. The lowest BCUT2D eigenvalue weighted by atomic mass is 10.1. The van der Waals surface area contributed by atoms with E-state index in [1.54, 1.807) is 18.2 Å². The second-order valence-corrected chi connectivity index (χ2v) is 5.23. The third-order valence-electron chi connectivity index (χ3n) is 3.01. The number of hydrogen-bond acceptors (Lipinski definition) is 5. The summed E-state index contributed by atoms with van der Waals surface area (Å²) >= 11 is 5.89. The van der Waals surface area contributed by atoms with Gasteiger partial charge in [0.1, 0.15) is 0 Å². The lowest BCUT2D eigenvalue weighted by Gasteiger charge is -2.00. The van der Waals surface area contributed by atoms with Crippen LogP contribution in [0.3, 0.4) is 0 Å². The van der Waals surface area contributed by atoms with Crippen molar-refractivity contribution in [3.05, 3.63) is 46.7 Å². The minimum Gasteiger partial charge on any atom is -0.398 e. The van der Waals surface area contributed by atoms with E-state index in [-0.39, 0.29) is 0 Å². The van der Waals surface area contributed by atoms with E-state index in [4.69, 9.17) is 21.9 Å². The number of anilines is 1. The molecule has 0 bridgehead atoms. The molecule has 0 aliphatic carbocycles. The first-order valence-electron chi connectivity index (χ1n) is 6.38. The minimum absolute atomic E-state index is 0.367. The standard InChI is InChI=1S/C15H13ClN4O/c1-8-5-10(6-9(2)18-8)14-19-15(21-20-14)12-4-3-11(16)7-13(12)17/h3-7H,17H2,1-2H3. The van der Waals surface area contributed by atoms with Crippen LogP contribution in [0.15, 0.2) is 34.9 Å². The van der Waals surface area contributed by atoms with Gasteiger partial charge in [-0.05, 0) is 44.2 Å². The summed E-state index contributed by atoms with van der Waals surface area (Å²) in [7, 11) is 0. The predicted octanol–water partition coefficient (Wildman–Crippen LogP) is 3.65. The number of nitrogen functional groups attached to an aromatic ring is 1. The lowest BCUT2D eigenvalue weighted by Crippen LogP contribution is -1.91. The molecule has 0 unspecified atom stereocenters. The average molecular weight is 301 g/mol. The Kier molecular flexibility index (Phi) is 3.35. The molecule has 2 heterocycles. The normalized spacial score (nSPS) is 10.8. The van der Waals surface area contributed by atoms with Crippen LogP contribution >= 0.6 is 11.6 Å². The summed E-state index contributed by atoms with van der Waals surface area (Å²) in [6.45, 7) is 3.85. The van der Waals surface area contributed by atoms with E-state index < -0.39 is 0 Å². The number of pyridine rings is 1. The Hall–Kier alpha value is -2.40. The molecular weight excluding hydrogens is 288 g/mol. The van der Waals surface area contributed by atoms with Crippen molar-refractivity contribution < 1.29 is 4.52 Å². The van der Waals surface area contributed by atoms with Gasteiger partial charge in [-0.15, -0.1) is 0 Å². The number of aryl methyl sites for hydroxylation is 2. The van der Waals surface area contributed by atoms with Crippen molar-refractivity contribution in [3.8, 4) is 22.8 Å². The molecule has 0 saturated heterocycles. The van der Waals surface area contributed by atoms with E-state index in [1.807, 2.05) is 26.0 Å². The van der Waals surface area contributed by atoms with E-state index in [0.29, 0.717) is 28.0 Å². The summed E-state index contributed by atoms with van der Waals surface area (Å²) in [5, 5.41) is 4.57. The molecule has 0 atom stereocenters. The van der Waals surface area contributed by atoms with Crippen LogP contribution in [0.2, 0.25) is 5.02 Å². The number of benzene rings is 1. The van der Waals surface area contributed by atoms with Gasteiger partial charge in [0.15, 0.2) is 0 Å². The second-order valence-electron chi connectivity index (χ2n) is 4.79. The Morgan fingerprint density at radius 1 is 1.05 bits per heavy atom. The molecule has 2 aromatic heterocycles. The van der Waals surface area contributed by atoms with Crippen molar-refractivity contribution in [2.45, 2.75) is 13.8 Å². The molecule has 2 N–H and O–H groups in total. The highest BCUT2D eigenvalue weighted by atomic mass is 35.5. The Bertz CT molecular complexity index is 793. The van der Waals surface area contributed by atoms with Gasteiger partial charge in [-0.1, -0.05) is 16.8 Å². The first-order valence-corrected chi connectivity index (χ1v) is 6.75. The summed E-state index contributed by atoms with van der Waals surface area (Å²) in [6.07, 6.45) is 0. The van der Waals surface area contributed by atoms with Crippen molar-refractivity contribution in [1.82, 2.24) is 15.1 Å². The van der Waals surface area contributed by atoms with Crippen molar-refractivity contribution in [1.29, 1.82) is 0 Å². The molecule has 1 aromatic carbocycles. The zero-order valence-corrected chi connectivity index (χ0v) is 12.3. The molecule has 5 nitrogen and oxygen atoms in total. The fraction of sp³-hybridized carbons (Fsp3) is 0.133. The van der Waals surface area contributed by atoms with E-state index in [0.717, 1.165) is 17.0 Å². The Morgan fingerprint density at radius 2 is 1.76 bits per heavy atom. The lowest BCUT2D eigenvalue weighted by molar-refractivity contribution is 0.432. The van der Waals surface area contributed by atoms with Crippen LogP contribution in [0.1, 0.15) is 11.4 Å².